The quantitative estimate of drug-likeness (QED) is 0.750. The smallest absolute Gasteiger partial charge is 0.0991 e. The lowest BCUT2D eigenvalue weighted by atomic mass is 10.1. The summed E-state index contributed by atoms with van der Waals surface area (Å²) in [6.45, 7) is 1.69. The maximum atomic E-state index is 8.86. The minimum absolute atomic E-state index is 0.667. The Hall–Kier alpha value is -2.12. The lowest BCUT2D eigenvalue weighted by Gasteiger charge is -1.99. The van der Waals surface area contributed by atoms with Gasteiger partial charge in [0.2, 0.25) is 0 Å². The second-order valence-corrected chi connectivity index (χ2v) is 3.83. The highest BCUT2D eigenvalue weighted by atomic mass is 15.2. The molecule has 2 heterocycles. The Morgan fingerprint density at radius 1 is 1.31 bits per heavy atom. The Morgan fingerprint density at radius 2 is 2.25 bits per heavy atom. The van der Waals surface area contributed by atoms with Crippen LogP contribution in [-0.4, -0.2) is 10.2 Å². The van der Waals surface area contributed by atoms with E-state index in [2.05, 4.69) is 21.6 Å². The molecule has 1 aliphatic rings. The predicted molar refractivity (Wildman–Crippen MR) is 59.3 cm³/mol. The van der Waals surface area contributed by atoms with Crippen molar-refractivity contribution in [3.63, 3.8) is 0 Å². The fourth-order valence-electron chi connectivity index (χ4n) is 2.03. The highest BCUT2D eigenvalue weighted by molar-refractivity contribution is 5.66. The fourth-order valence-corrected chi connectivity index (χ4v) is 2.03. The summed E-state index contributed by atoms with van der Waals surface area (Å²) in [5.41, 5.74) is 4.99. The lowest BCUT2D eigenvalue weighted by molar-refractivity contribution is 0.743. The molecule has 0 atom stereocenters. The molecule has 2 N–H and O–H groups in total. The van der Waals surface area contributed by atoms with E-state index in [4.69, 9.17) is 5.26 Å². The van der Waals surface area contributed by atoms with E-state index < -0.39 is 0 Å². The number of nitriles is 1. The van der Waals surface area contributed by atoms with Crippen molar-refractivity contribution in [1.29, 1.82) is 5.26 Å². The monoisotopic (exact) mass is 210 g/mol. The minimum Gasteiger partial charge on any atom is -0.307 e. The fraction of sp³-hybridized carbons (Fsp3) is 0.167. The molecule has 0 aliphatic carbocycles. The summed E-state index contributed by atoms with van der Waals surface area (Å²) >= 11 is 0. The molecule has 0 amide bonds. The van der Waals surface area contributed by atoms with Gasteiger partial charge >= 0.3 is 0 Å². The molecule has 0 radical (unpaired) electrons. The third-order valence-corrected chi connectivity index (χ3v) is 2.82. The second-order valence-electron chi connectivity index (χ2n) is 3.83. The van der Waals surface area contributed by atoms with Crippen LogP contribution < -0.4 is 5.32 Å². The molecule has 2 aromatic rings. The van der Waals surface area contributed by atoms with Gasteiger partial charge in [0.25, 0.3) is 0 Å². The molecule has 4 heteroatoms. The van der Waals surface area contributed by atoms with Gasteiger partial charge in [-0.1, -0.05) is 12.1 Å². The summed E-state index contributed by atoms with van der Waals surface area (Å²) in [6.07, 6.45) is 0. The average molecular weight is 210 g/mol. The van der Waals surface area contributed by atoms with Crippen LogP contribution in [0.3, 0.4) is 0 Å². The lowest BCUT2D eigenvalue weighted by Crippen LogP contribution is -2.02. The van der Waals surface area contributed by atoms with Crippen molar-refractivity contribution in [2.45, 2.75) is 13.1 Å². The molecule has 0 spiro atoms. The van der Waals surface area contributed by atoms with Crippen LogP contribution in [0.15, 0.2) is 24.3 Å². The largest absolute Gasteiger partial charge is 0.307 e. The van der Waals surface area contributed by atoms with Gasteiger partial charge in [0.15, 0.2) is 0 Å². The standard InChI is InChI=1S/C12H10N4/c13-5-8-2-1-3-9(4-8)12-10-6-14-7-11(10)15-16-12/h1-4,14H,6-7H2,(H,15,16). The van der Waals surface area contributed by atoms with E-state index in [1.807, 2.05) is 18.2 Å². The molecule has 0 bridgehead atoms. The molecule has 16 heavy (non-hydrogen) atoms. The molecular weight excluding hydrogens is 200 g/mol. The number of aromatic amines is 1. The zero-order valence-corrected chi connectivity index (χ0v) is 8.62. The van der Waals surface area contributed by atoms with Crippen LogP contribution in [0.5, 0.6) is 0 Å². The van der Waals surface area contributed by atoms with Crippen LogP contribution in [0, 0.1) is 11.3 Å². The summed E-state index contributed by atoms with van der Waals surface area (Å²) in [7, 11) is 0. The van der Waals surface area contributed by atoms with Crippen molar-refractivity contribution in [2.75, 3.05) is 0 Å². The third kappa shape index (κ3) is 1.30. The molecule has 0 saturated heterocycles. The first-order valence-electron chi connectivity index (χ1n) is 5.16. The summed E-state index contributed by atoms with van der Waals surface area (Å²) in [6, 6.07) is 9.68. The number of hydrogen-bond acceptors (Lipinski definition) is 3. The number of nitrogens with one attached hydrogen (secondary N) is 2. The number of aromatic nitrogens is 2. The van der Waals surface area contributed by atoms with Crippen LogP contribution in [-0.2, 0) is 13.1 Å². The van der Waals surface area contributed by atoms with Gasteiger partial charge in [-0.15, -0.1) is 0 Å². The Bertz CT molecular complexity index is 577. The van der Waals surface area contributed by atoms with E-state index in [1.54, 1.807) is 6.07 Å². The highest BCUT2D eigenvalue weighted by Crippen LogP contribution is 2.26. The van der Waals surface area contributed by atoms with Crippen LogP contribution in [0.1, 0.15) is 16.8 Å². The molecular formula is C12H10N4. The summed E-state index contributed by atoms with van der Waals surface area (Å²) in [5.74, 6) is 0. The first kappa shape index (κ1) is 9.13. The zero-order chi connectivity index (χ0) is 11.0. The van der Waals surface area contributed by atoms with Gasteiger partial charge in [-0.25, -0.2) is 0 Å². The number of benzene rings is 1. The Kier molecular flexibility index (Phi) is 1.98. The Morgan fingerprint density at radius 3 is 3.12 bits per heavy atom. The predicted octanol–water partition coefficient (Wildman–Crippen LogP) is 1.55. The number of H-pyrrole nitrogens is 1. The van der Waals surface area contributed by atoms with Crippen LogP contribution >= 0.6 is 0 Å². The van der Waals surface area contributed by atoms with E-state index in [0.29, 0.717) is 5.56 Å². The molecule has 0 saturated carbocycles. The summed E-state index contributed by atoms with van der Waals surface area (Å²) in [5, 5.41) is 19.5. The number of nitrogens with zero attached hydrogens (tertiary/aromatic N) is 2. The van der Waals surface area contributed by atoms with Gasteiger partial charge in [-0.2, -0.15) is 10.4 Å². The topological polar surface area (TPSA) is 64.5 Å². The number of rotatable bonds is 1. The van der Waals surface area contributed by atoms with E-state index in [1.165, 1.54) is 5.56 Å². The van der Waals surface area contributed by atoms with Gasteiger partial charge in [0.05, 0.1) is 23.0 Å². The van der Waals surface area contributed by atoms with Crippen molar-refractivity contribution < 1.29 is 0 Å². The number of fused-ring (bicyclic) bond motifs is 1. The van der Waals surface area contributed by atoms with Gasteiger partial charge in [0, 0.05) is 24.2 Å². The molecule has 1 aliphatic heterocycles. The van der Waals surface area contributed by atoms with Crippen molar-refractivity contribution in [3.8, 4) is 17.3 Å². The number of hydrogen-bond donors (Lipinski definition) is 2. The van der Waals surface area contributed by atoms with Gasteiger partial charge < -0.3 is 5.32 Å². The molecule has 1 aromatic carbocycles. The van der Waals surface area contributed by atoms with Gasteiger partial charge in [-0.05, 0) is 12.1 Å². The van der Waals surface area contributed by atoms with Crippen molar-refractivity contribution in [2.24, 2.45) is 0 Å². The SMILES string of the molecule is N#Cc1cccc(-c2n[nH]c3c2CNC3)c1. The minimum atomic E-state index is 0.667. The van der Waals surface area contributed by atoms with E-state index in [9.17, 15) is 0 Å². The molecule has 1 aromatic heterocycles. The summed E-state index contributed by atoms with van der Waals surface area (Å²) < 4.78 is 0. The molecule has 78 valence electrons. The van der Waals surface area contributed by atoms with Gasteiger partial charge in [0.1, 0.15) is 0 Å². The second kappa shape index (κ2) is 3.47. The third-order valence-electron chi connectivity index (χ3n) is 2.82. The highest BCUT2D eigenvalue weighted by Gasteiger charge is 2.18. The van der Waals surface area contributed by atoms with E-state index in [-0.39, 0.29) is 0 Å². The normalized spacial score (nSPS) is 13.4. The van der Waals surface area contributed by atoms with Crippen LogP contribution in [0.4, 0.5) is 0 Å². The van der Waals surface area contributed by atoms with Crippen molar-refractivity contribution >= 4 is 0 Å². The summed E-state index contributed by atoms with van der Waals surface area (Å²) in [4.78, 5) is 0. The van der Waals surface area contributed by atoms with Crippen LogP contribution in [0.2, 0.25) is 0 Å². The zero-order valence-electron chi connectivity index (χ0n) is 8.62. The van der Waals surface area contributed by atoms with E-state index >= 15 is 0 Å². The maximum absolute atomic E-state index is 8.86. The molecule has 0 fully saturated rings. The molecule has 3 rings (SSSR count). The first-order valence-corrected chi connectivity index (χ1v) is 5.16. The molecule has 0 unspecified atom stereocenters. The molecule has 4 nitrogen and oxygen atoms in total. The van der Waals surface area contributed by atoms with E-state index in [0.717, 1.165) is 30.0 Å². The maximum Gasteiger partial charge on any atom is 0.0991 e. The van der Waals surface area contributed by atoms with Crippen molar-refractivity contribution in [1.82, 2.24) is 15.5 Å². The van der Waals surface area contributed by atoms with Crippen molar-refractivity contribution in [3.05, 3.63) is 41.1 Å². The van der Waals surface area contributed by atoms with Gasteiger partial charge in [-0.3, -0.25) is 5.10 Å². The van der Waals surface area contributed by atoms with Crippen LogP contribution in [0.25, 0.3) is 11.3 Å². The first-order chi connectivity index (χ1) is 7.88. The Balaban J connectivity index is 2.12. The average Bonchev–Trinajstić information content (AvgIpc) is 2.90. The Labute approximate surface area is 92.9 Å².